The summed E-state index contributed by atoms with van der Waals surface area (Å²) in [5, 5.41) is 23.7. The zero-order valence-corrected chi connectivity index (χ0v) is 7.54. The number of hydrogen-bond acceptors (Lipinski definition) is 4. The van der Waals surface area contributed by atoms with Gasteiger partial charge in [-0.3, -0.25) is 0 Å². The third kappa shape index (κ3) is 1.48. The van der Waals surface area contributed by atoms with Gasteiger partial charge in [0.05, 0.1) is 29.5 Å². The second kappa shape index (κ2) is 3.38. The summed E-state index contributed by atoms with van der Waals surface area (Å²) in [7, 11) is 0. The zero-order valence-electron chi connectivity index (χ0n) is 7.54. The smallest absolute Gasteiger partial charge is 0.389 e. The molecule has 6 heteroatoms. The summed E-state index contributed by atoms with van der Waals surface area (Å²) in [6, 6.07) is 1.26. The average molecular weight is 197 g/mol. The highest BCUT2D eigenvalue weighted by atomic mass is 16.6. The van der Waals surface area contributed by atoms with Crippen LogP contribution in [0.2, 0.25) is 0 Å². The van der Waals surface area contributed by atoms with Crippen LogP contribution in [0.15, 0.2) is 12.3 Å². The Hall–Kier alpha value is -1.43. The Kier molecular flexibility index (Phi) is 2.20. The molecule has 1 aliphatic rings. The molecular formula is C8H11N3O3. The first-order chi connectivity index (χ1) is 6.68. The van der Waals surface area contributed by atoms with Gasteiger partial charge in [0.2, 0.25) is 0 Å². The van der Waals surface area contributed by atoms with Crippen molar-refractivity contribution in [3.05, 3.63) is 22.4 Å². The normalized spacial score (nSPS) is 26.6. The molecule has 1 fully saturated rings. The lowest BCUT2D eigenvalue weighted by Crippen LogP contribution is -2.18. The van der Waals surface area contributed by atoms with Crippen LogP contribution in [0, 0.1) is 10.1 Å². The predicted octanol–water partition coefficient (Wildman–Crippen LogP) is 0.877. The van der Waals surface area contributed by atoms with E-state index in [9.17, 15) is 15.2 Å². The number of rotatable bonds is 2. The van der Waals surface area contributed by atoms with Crippen molar-refractivity contribution in [3.63, 3.8) is 0 Å². The van der Waals surface area contributed by atoms with Crippen LogP contribution in [0.1, 0.15) is 25.3 Å². The molecule has 0 saturated heterocycles. The fraction of sp³-hybridized carbons (Fsp3) is 0.625. The van der Waals surface area contributed by atoms with E-state index in [2.05, 4.69) is 5.10 Å². The Labute approximate surface area is 80.3 Å². The van der Waals surface area contributed by atoms with Crippen LogP contribution in [0.4, 0.5) is 5.82 Å². The van der Waals surface area contributed by atoms with Crippen LogP contribution in [0.25, 0.3) is 0 Å². The molecule has 2 unspecified atom stereocenters. The molecule has 0 spiro atoms. The fourth-order valence-corrected chi connectivity index (χ4v) is 1.84. The van der Waals surface area contributed by atoms with Gasteiger partial charge in [-0.2, -0.15) is 4.68 Å². The Morgan fingerprint density at radius 1 is 1.64 bits per heavy atom. The number of nitrogens with zero attached hydrogens (tertiary/aromatic N) is 3. The van der Waals surface area contributed by atoms with Crippen molar-refractivity contribution in [3.8, 4) is 0 Å². The van der Waals surface area contributed by atoms with Crippen molar-refractivity contribution in [2.24, 2.45) is 0 Å². The van der Waals surface area contributed by atoms with Crippen LogP contribution >= 0.6 is 0 Å². The first-order valence-corrected chi connectivity index (χ1v) is 4.56. The van der Waals surface area contributed by atoms with E-state index in [0.717, 1.165) is 19.3 Å². The first kappa shape index (κ1) is 9.14. The molecule has 6 nitrogen and oxygen atoms in total. The lowest BCUT2D eigenvalue weighted by atomic mass is 10.2. The van der Waals surface area contributed by atoms with Gasteiger partial charge in [0, 0.05) is 0 Å². The maximum absolute atomic E-state index is 10.4. The summed E-state index contributed by atoms with van der Waals surface area (Å²) >= 11 is 0. The van der Waals surface area contributed by atoms with Crippen molar-refractivity contribution in [1.29, 1.82) is 0 Å². The summed E-state index contributed by atoms with van der Waals surface area (Å²) in [5.41, 5.74) is 0. The Balaban J connectivity index is 2.20. The van der Waals surface area contributed by atoms with Crippen LogP contribution in [0.3, 0.4) is 0 Å². The molecule has 0 amide bonds. The number of nitro groups is 1. The van der Waals surface area contributed by atoms with Crippen LogP contribution in [-0.4, -0.2) is 25.9 Å². The number of aliphatic hydroxyl groups excluding tert-OH is 1. The van der Waals surface area contributed by atoms with E-state index in [1.807, 2.05) is 0 Å². The standard InChI is InChI=1S/C8H11N3O3/c12-7-3-1-2-6(7)10-5-4-8(9-10)11(13)14/h4-7,12H,1-3H2. The third-order valence-corrected chi connectivity index (χ3v) is 2.57. The number of aromatic nitrogens is 2. The van der Waals surface area contributed by atoms with E-state index in [0.29, 0.717) is 0 Å². The maximum Gasteiger partial charge on any atom is 0.389 e. The van der Waals surface area contributed by atoms with Crippen molar-refractivity contribution < 1.29 is 10.0 Å². The number of hydrogen-bond donors (Lipinski definition) is 1. The van der Waals surface area contributed by atoms with Gasteiger partial charge in [-0.05, 0) is 24.2 Å². The Morgan fingerprint density at radius 2 is 2.43 bits per heavy atom. The second-order valence-corrected chi connectivity index (χ2v) is 3.48. The molecule has 0 radical (unpaired) electrons. The van der Waals surface area contributed by atoms with E-state index in [1.54, 1.807) is 6.20 Å². The fourth-order valence-electron chi connectivity index (χ4n) is 1.84. The van der Waals surface area contributed by atoms with Crippen LogP contribution in [-0.2, 0) is 0 Å². The molecule has 0 bridgehead atoms. The van der Waals surface area contributed by atoms with Gasteiger partial charge >= 0.3 is 5.82 Å². The largest absolute Gasteiger partial charge is 0.391 e. The SMILES string of the molecule is O=[N+]([O-])c1ccn(C2CCCC2O)n1. The molecule has 76 valence electrons. The molecule has 0 aromatic carbocycles. The van der Waals surface area contributed by atoms with Crippen molar-refractivity contribution >= 4 is 5.82 Å². The third-order valence-electron chi connectivity index (χ3n) is 2.57. The molecule has 0 aliphatic heterocycles. The molecule has 14 heavy (non-hydrogen) atoms. The van der Waals surface area contributed by atoms with E-state index < -0.39 is 11.0 Å². The minimum absolute atomic E-state index is 0.0938. The molecule has 1 heterocycles. The minimum Gasteiger partial charge on any atom is -0.391 e. The lowest BCUT2D eigenvalue weighted by Gasteiger charge is -2.10. The summed E-state index contributed by atoms with van der Waals surface area (Å²) in [6.45, 7) is 0. The van der Waals surface area contributed by atoms with Gasteiger partial charge in [0.1, 0.15) is 0 Å². The highest BCUT2D eigenvalue weighted by Crippen LogP contribution is 2.29. The molecule has 1 aromatic rings. The summed E-state index contributed by atoms with van der Waals surface area (Å²) in [4.78, 5) is 9.85. The van der Waals surface area contributed by atoms with Crippen LogP contribution < -0.4 is 0 Å². The van der Waals surface area contributed by atoms with Gasteiger partial charge < -0.3 is 15.2 Å². The van der Waals surface area contributed by atoms with E-state index >= 15 is 0 Å². The highest BCUT2D eigenvalue weighted by Gasteiger charge is 2.30. The van der Waals surface area contributed by atoms with E-state index in [1.165, 1.54) is 10.7 Å². The molecule has 1 aromatic heterocycles. The predicted molar refractivity (Wildman–Crippen MR) is 47.8 cm³/mol. The lowest BCUT2D eigenvalue weighted by molar-refractivity contribution is -0.389. The summed E-state index contributed by atoms with van der Waals surface area (Å²) in [6.07, 6.45) is 3.66. The van der Waals surface area contributed by atoms with E-state index in [-0.39, 0.29) is 11.9 Å². The molecule has 2 atom stereocenters. The molecule has 2 rings (SSSR count). The highest BCUT2D eigenvalue weighted by molar-refractivity contribution is 5.14. The number of aliphatic hydroxyl groups is 1. The second-order valence-electron chi connectivity index (χ2n) is 3.48. The van der Waals surface area contributed by atoms with Crippen molar-refractivity contribution in [2.45, 2.75) is 31.4 Å². The molecule has 1 saturated carbocycles. The topological polar surface area (TPSA) is 81.2 Å². The summed E-state index contributed by atoms with van der Waals surface area (Å²) in [5.74, 6) is -0.163. The minimum atomic E-state index is -0.530. The molecule has 1 N–H and O–H groups in total. The van der Waals surface area contributed by atoms with Crippen LogP contribution in [0.5, 0.6) is 0 Å². The molecular weight excluding hydrogens is 186 g/mol. The first-order valence-electron chi connectivity index (χ1n) is 4.56. The van der Waals surface area contributed by atoms with Gasteiger partial charge in [0.25, 0.3) is 0 Å². The maximum atomic E-state index is 10.4. The Bertz CT molecular complexity index is 349. The van der Waals surface area contributed by atoms with Gasteiger partial charge in [-0.1, -0.05) is 0 Å². The van der Waals surface area contributed by atoms with Gasteiger partial charge in [0.15, 0.2) is 0 Å². The van der Waals surface area contributed by atoms with Gasteiger partial charge in [-0.25, -0.2) is 0 Å². The summed E-state index contributed by atoms with van der Waals surface area (Å²) < 4.78 is 1.50. The quantitative estimate of drug-likeness (QED) is 0.563. The van der Waals surface area contributed by atoms with Crippen molar-refractivity contribution in [2.75, 3.05) is 0 Å². The van der Waals surface area contributed by atoms with Crippen molar-refractivity contribution in [1.82, 2.24) is 9.78 Å². The molecule has 1 aliphatic carbocycles. The van der Waals surface area contributed by atoms with Gasteiger partial charge in [-0.15, -0.1) is 0 Å². The Morgan fingerprint density at radius 3 is 2.93 bits per heavy atom. The monoisotopic (exact) mass is 197 g/mol. The average Bonchev–Trinajstić information content (AvgIpc) is 2.71. The van der Waals surface area contributed by atoms with E-state index in [4.69, 9.17) is 0 Å². The zero-order chi connectivity index (χ0) is 10.1.